The number of carbonyl (C=O) groups is 1. The molecule has 1 heterocycles. The number of rotatable bonds is 5. The summed E-state index contributed by atoms with van der Waals surface area (Å²) in [7, 11) is 1.67. The molecule has 0 aromatic heterocycles. The number of ether oxygens (including phenoxy) is 1. The predicted octanol–water partition coefficient (Wildman–Crippen LogP) is 3.20. The molecule has 0 radical (unpaired) electrons. The van der Waals surface area contributed by atoms with Crippen LogP contribution in [0.4, 0.5) is 0 Å². The van der Waals surface area contributed by atoms with Gasteiger partial charge in [0.1, 0.15) is 5.75 Å². The number of hydrogen-bond acceptors (Lipinski definition) is 3. The Kier molecular flexibility index (Phi) is 7.86. The SMILES string of the molecule is COc1ccccc1C(C)CC(=O)N1CCC(C)CC1CN.Cl. The Balaban J connectivity index is 0.00000264. The molecule has 0 bridgehead atoms. The van der Waals surface area contributed by atoms with Crippen LogP contribution in [0.25, 0.3) is 0 Å². The molecule has 1 aromatic rings. The van der Waals surface area contributed by atoms with Crippen molar-refractivity contribution in [2.24, 2.45) is 11.7 Å². The van der Waals surface area contributed by atoms with Gasteiger partial charge in [-0.05, 0) is 36.3 Å². The standard InChI is InChI=1S/C18H28N2O2.ClH/c1-13-8-9-20(15(10-13)12-19)18(21)11-14(2)16-6-4-5-7-17(16)22-3;/h4-7,13-15H,8-12,19H2,1-3H3;1H. The lowest BCUT2D eigenvalue weighted by Crippen LogP contribution is -2.49. The molecule has 130 valence electrons. The third kappa shape index (κ3) is 4.85. The summed E-state index contributed by atoms with van der Waals surface area (Å²) < 4.78 is 5.40. The van der Waals surface area contributed by atoms with Crippen molar-refractivity contribution in [1.82, 2.24) is 4.90 Å². The molecule has 5 heteroatoms. The van der Waals surface area contributed by atoms with Crippen LogP contribution < -0.4 is 10.5 Å². The molecule has 4 nitrogen and oxygen atoms in total. The highest BCUT2D eigenvalue weighted by Crippen LogP contribution is 2.30. The summed E-state index contributed by atoms with van der Waals surface area (Å²) in [5.41, 5.74) is 6.96. The van der Waals surface area contributed by atoms with Crippen LogP contribution in [0.1, 0.15) is 44.6 Å². The van der Waals surface area contributed by atoms with E-state index in [0.29, 0.717) is 18.9 Å². The van der Waals surface area contributed by atoms with E-state index in [2.05, 4.69) is 13.8 Å². The average molecular weight is 341 g/mol. The zero-order valence-corrected chi connectivity index (χ0v) is 15.1. The highest BCUT2D eigenvalue weighted by molar-refractivity contribution is 5.85. The van der Waals surface area contributed by atoms with Gasteiger partial charge in [0.2, 0.25) is 5.91 Å². The van der Waals surface area contributed by atoms with Crippen LogP contribution in [0, 0.1) is 5.92 Å². The van der Waals surface area contributed by atoms with Crippen molar-refractivity contribution in [3.8, 4) is 5.75 Å². The van der Waals surface area contributed by atoms with E-state index in [0.717, 1.165) is 30.7 Å². The van der Waals surface area contributed by atoms with Gasteiger partial charge in [0.25, 0.3) is 0 Å². The van der Waals surface area contributed by atoms with Crippen LogP contribution in [0.3, 0.4) is 0 Å². The number of piperidine rings is 1. The first kappa shape index (κ1) is 19.8. The van der Waals surface area contributed by atoms with Gasteiger partial charge in [-0.1, -0.05) is 32.0 Å². The lowest BCUT2D eigenvalue weighted by Gasteiger charge is -2.38. The molecule has 2 rings (SSSR count). The lowest BCUT2D eigenvalue weighted by molar-refractivity contribution is -0.135. The van der Waals surface area contributed by atoms with Gasteiger partial charge < -0.3 is 15.4 Å². The molecule has 1 saturated heterocycles. The summed E-state index contributed by atoms with van der Waals surface area (Å²) in [4.78, 5) is 14.7. The Morgan fingerprint density at radius 2 is 2.13 bits per heavy atom. The molecule has 23 heavy (non-hydrogen) atoms. The van der Waals surface area contributed by atoms with E-state index >= 15 is 0 Å². The Hall–Kier alpha value is -1.26. The third-order valence-corrected chi connectivity index (χ3v) is 4.72. The summed E-state index contributed by atoms with van der Waals surface area (Å²) >= 11 is 0. The maximum absolute atomic E-state index is 12.7. The fourth-order valence-corrected chi connectivity index (χ4v) is 3.37. The Labute approximate surface area is 145 Å². The van der Waals surface area contributed by atoms with Crippen molar-refractivity contribution >= 4 is 18.3 Å². The molecule has 3 atom stereocenters. The summed E-state index contributed by atoms with van der Waals surface area (Å²) in [6.07, 6.45) is 2.60. The number of halogens is 1. The maximum atomic E-state index is 12.7. The summed E-state index contributed by atoms with van der Waals surface area (Å²) in [6.45, 7) is 5.71. The van der Waals surface area contributed by atoms with Crippen molar-refractivity contribution in [1.29, 1.82) is 0 Å². The molecule has 2 N–H and O–H groups in total. The van der Waals surface area contributed by atoms with Crippen molar-refractivity contribution in [3.63, 3.8) is 0 Å². The predicted molar refractivity (Wildman–Crippen MR) is 96.2 cm³/mol. The van der Waals surface area contributed by atoms with E-state index in [1.54, 1.807) is 7.11 Å². The summed E-state index contributed by atoms with van der Waals surface area (Å²) in [5, 5.41) is 0. The topological polar surface area (TPSA) is 55.6 Å². The van der Waals surface area contributed by atoms with Crippen LogP contribution in [0.2, 0.25) is 0 Å². The van der Waals surface area contributed by atoms with Crippen LogP contribution in [-0.4, -0.2) is 37.0 Å². The molecule has 3 unspecified atom stereocenters. The van der Waals surface area contributed by atoms with Crippen LogP contribution >= 0.6 is 12.4 Å². The van der Waals surface area contributed by atoms with Gasteiger partial charge in [-0.25, -0.2) is 0 Å². The monoisotopic (exact) mass is 340 g/mol. The molecular formula is C18H29ClN2O2. The second-order valence-electron chi connectivity index (χ2n) is 6.45. The first-order chi connectivity index (χ1) is 10.6. The van der Waals surface area contributed by atoms with Gasteiger partial charge in [-0.15, -0.1) is 12.4 Å². The van der Waals surface area contributed by atoms with Crippen molar-refractivity contribution in [3.05, 3.63) is 29.8 Å². The molecule has 1 aromatic carbocycles. The smallest absolute Gasteiger partial charge is 0.223 e. The Morgan fingerprint density at radius 3 is 2.78 bits per heavy atom. The molecule has 1 amide bonds. The number of methoxy groups -OCH3 is 1. The van der Waals surface area contributed by atoms with Crippen LogP contribution in [-0.2, 0) is 4.79 Å². The highest BCUT2D eigenvalue weighted by atomic mass is 35.5. The summed E-state index contributed by atoms with van der Waals surface area (Å²) in [6, 6.07) is 8.12. The molecule has 0 spiro atoms. The number of benzene rings is 1. The Bertz CT molecular complexity index is 510. The number of carbonyl (C=O) groups excluding carboxylic acids is 1. The van der Waals surface area contributed by atoms with Gasteiger partial charge in [0.05, 0.1) is 7.11 Å². The van der Waals surface area contributed by atoms with E-state index in [-0.39, 0.29) is 30.3 Å². The fraction of sp³-hybridized carbons (Fsp3) is 0.611. The zero-order chi connectivity index (χ0) is 16.1. The largest absolute Gasteiger partial charge is 0.496 e. The number of para-hydroxylation sites is 1. The van der Waals surface area contributed by atoms with Crippen molar-refractivity contribution < 1.29 is 9.53 Å². The first-order valence-electron chi connectivity index (χ1n) is 8.19. The number of likely N-dealkylation sites (tertiary alicyclic amines) is 1. The minimum absolute atomic E-state index is 0. The molecular weight excluding hydrogens is 312 g/mol. The van der Waals surface area contributed by atoms with E-state index in [9.17, 15) is 4.79 Å². The second kappa shape index (κ2) is 9.14. The van der Waals surface area contributed by atoms with Crippen LogP contribution in [0.5, 0.6) is 5.75 Å². The van der Waals surface area contributed by atoms with Gasteiger partial charge >= 0.3 is 0 Å². The number of nitrogens with zero attached hydrogens (tertiary/aromatic N) is 1. The van der Waals surface area contributed by atoms with Crippen molar-refractivity contribution in [2.75, 3.05) is 20.2 Å². The van der Waals surface area contributed by atoms with Gasteiger partial charge in [-0.2, -0.15) is 0 Å². The normalized spacial score (nSPS) is 22.2. The average Bonchev–Trinajstić information content (AvgIpc) is 2.54. The molecule has 0 saturated carbocycles. The van der Waals surface area contributed by atoms with E-state index in [1.165, 1.54) is 0 Å². The molecule has 1 aliphatic heterocycles. The van der Waals surface area contributed by atoms with Gasteiger partial charge in [0.15, 0.2) is 0 Å². The second-order valence-corrected chi connectivity index (χ2v) is 6.45. The highest BCUT2D eigenvalue weighted by Gasteiger charge is 2.29. The van der Waals surface area contributed by atoms with Gasteiger partial charge in [0, 0.05) is 25.6 Å². The van der Waals surface area contributed by atoms with E-state index < -0.39 is 0 Å². The van der Waals surface area contributed by atoms with Crippen LogP contribution in [0.15, 0.2) is 24.3 Å². The fourth-order valence-electron chi connectivity index (χ4n) is 3.37. The number of nitrogens with two attached hydrogens (primary N) is 1. The van der Waals surface area contributed by atoms with E-state index in [4.69, 9.17) is 10.5 Å². The quantitative estimate of drug-likeness (QED) is 0.895. The van der Waals surface area contributed by atoms with Gasteiger partial charge in [-0.3, -0.25) is 4.79 Å². The number of amides is 1. The molecule has 1 fully saturated rings. The number of hydrogen-bond donors (Lipinski definition) is 1. The third-order valence-electron chi connectivity index (χ3n) is 4.72. The van der Waals surface area contributed by atoms with E-state index in [1.807, 2.05) is 29.2 Å². The Morgan fingerprint density at radius 1 is 1.43 bits per heavy atom. The maximum Gasteiger partial charge on any atom is 0.223 e. The summed E-state index contributed by atoms with van der Waals surface area (Å²) in [5.74, 6) is 1.86. The molecule has 0 aliphatic carbocycles. The first-order valence-corrected chi connectivity index (χ1v) is 8.19. The lowest BCUT2D eigenvalue weighted by atomic mass is 9.90. The minimum Gasteiger partial charge on any atom is -0.496 e. The van der Waals surface area contributed by atoms with Crippen molar-refractivity contribution in [2.45, 2.75) is 45.1 Å². The molecule has 1 aliphatic rings. The zero-order valence-electron chi connectivity index (χ0n) is 14.3. The minimum atomic E-state index is 0.